The molecule has 1 fully saturated rings. The summed E-state index contributed by atoms with van der Waals surface area (Å²) in [5.74, 6) is -1.40. The molecule has 2 rings (SSSR count). The van der Waals surface area contributed by atoms with Gasteiger partial charge in [0, 0.05) is 19.1 Å². The first kappa shape index (κ1) is 13.3. The Morgan fingerprint density at radius 3 is 2.53 bits per heavy atom. The van der Waals surface area contributed by atoms with Gasteiger partial charge in [0.2, 0.25) is 5.89 Å². The molecule has 6 nitrogen and oxygen atoms in total. The van der Waals surface area contributed by atoms with Crippen molar-refractivity contribution in [2.75, 3.05) is 13.2 Å². The number of carboxylic acids is 1. The summed E-state index contributed by atoms with van der Waals surface area (Å²) >= 11 is 0. The molecule has 76 valence electrons. The Morgan fingerprint density at radius 1 is 1.33 bits per heavy atom. The van der Waals surface area contributed by atoms with Crippen molar-refractivity contribution in [1.82, 2.24) is 10.2 Å². The predicted molar refractivity (Wildman–Crippen MR) is 41.4 cm³/mol. The van der Waals surface area contributed by atoms with E-state index in [0.717, 1.165) is 12.8 Å². The molecule has 1 aliphatic heterocycles. The van der Waals surface area contributed by atoms with Gasteiger partial charge in [0.05, 0.1) is 0 Å². The standard InChI is InChI=1S/C8H10N2O4.K/c11-8(12)7-10-9-6(14-7)5-1-3-13-4-2-5;/h5H,1-4H2,(H,11,12);/q;+1/p-1. The number of hydrogen-bond donors (Lipinski definition) is 0. The van der Waals surface area contributed by atoms with Crippen LogP contribution < -0.4 is 56.5 Å². The maximum absolute atomic E-state index is 10.4. The Morgan fingerprint density at radius 2 is 2.00 bits per heavy atom. The van der Waals surface area contributed by atoms with Gasteiger partial charge < -0.3 is 19.1 Å². The van der Waals surface area contributed by atoms with Crippen LogP contribution in [0.25, 0.3) is 0 Å². The molecule has 2 heterocycles. The number of nitrogens with zero attached hydrogens (tertiary/aromatic N) is 2. The maximum atomic E-state index is 10.4. The average Bonchev–Trinajstić information content (AvgIpc) is 2.68. The Balaban J connectivity index is 0.00000112. The quantitative estimate of drug-likeness (QED) is 0.492. The third-order valence-electron chi connectivity index (χ3n) is 2.19. The molecule has 1 aromatic rings. The number of carboxylic acid groups (broad SMARTS) is 1. The van der Waals surface area contributed by atoms with E-state index in [0.29, 0.717) is 19.1 Å². The van der Waals surface area contributed by atoms with Crippen molar-refractivity contribution in [3.8, 4) is 0 Å². The number of aromatic carboxylic acids is 1. The molecule has 0 saturated carbocycles. The minimum absolute atomic E-state index is 0. The van der Waals surface area contributed by atoms with E-state index in [2.05, 4.69) is 10.2 Å². The van der Waals surface area contributed by atoms with Crippen molar-refractivity contribution >= 4 is 5.97 Å². The first-order chi connectivity index (χ1) is 6.77. The molecule has 0 spiro atoms. The number of carbonyl (C=O) groups is 1. The van der Waals surface area contributed by atoms with Crippen molar-refractivity contribution < 1.29 is 70.4 Å². The number of hydrogen-bond acceptors (Lipinski definition) is 6. The summed E-state index contributed by atoms with van der Waals surface area (Å²) in [6.07, 6.45) is 1.57. The summed E-state index contributed by atoms with van der Waals surface area (Å²) in [7, 11) is 0. The fraction of sp³-hybridized carbons (Fsp3) is 0.625. The van der Waals surface area contributed by atoms with Crippen molar-refractivity contribution in [2.45, 2.75) is 18.8 Å². The van der Waals surface area contributed by atoms with Crippen LogP contribution in [0.2, 0.25) is 0 Å². The van der Waals surface area contributed by atoms with Crippen molar-refractivity contribution in [1.29, 1.82) is 0 Å². The van der Waals surface area contributed by atoms with Gasteiger partial charge in [-0.3, -0.25) is 0 Å². The maximum Gasteiger partial charge on any atom is 1.00 e. The Kier molecular flexibility index (Phi) is 5.37. The van der Waals surface area contributed by atoms with E-state index in [4.69, 9.17) is 9.15 Å². The van der Waals surface area contributed by atoms with Gasteiger partial charge in [0.25, 0.3) is 5.89 Å². The molecule has 7 heteroatoms. The summed E-state index contributed by atoms with van der Waals surface area (Å²) < 4.78 is 10.1. The molecule has 0 bridgehead atoms. The first-order valence-corrected chi connectivity index (χ1v) is 4.40. The number of carbonyl (C=O) groups excluding carboxylic acids is 1. The van der Waals surface area contributed by atoms with Gasteiger partial charge in [0.15, 0.2) is 0 Å². The molecule has 0 amide bonds. The van der Waals surface area contributed by atoms with E-state index in [1.807, 2.05) is 0 Å². The SMILES string of the molecule is O=C([O-])c1nnc(C2CCOCC2)o1.[K+]. The molecule has 0 radical (unpaired) electrons. The van der Waals surface area contributed by atoms with Crippen LogP contribution in [0.4, 0.5) is 0 Å². The van der Waals surface area contributed by atoms with Crippen LogP contribution in [0, 0.1) is 0 Å². The van der Waals surface area contributed by atoms with E-state index in [1.54, 1.807) is 0 Å². The molecule has 1 aromatic heterocycles. The van der Waals surface area contributed by atoms with E-state index < -0.39 is 11.9 Å². The Hall–Kier alpha value is 0.206. The third-order valence-corrected chi connectivity index (χ3v) is 2.19. The second-order valence-electron chi connectivity index (χ2n) is 3.12. The fourth-order valence-electron chi connectivity index (χ4n) is 1.43. The van der Waals surface area contributed by atoms with Gasteiger partial charge in [-0.05, 0) is 12.8 Å². The minimum Gasteiger partial charge on any atom is -0.540 e. The topological polar surface area (TPSA) is 88.3 Å². The molecule has 0 aliphatic carbocycles. The molecule has 1 saturated heterocycles. The smallest absolute Gasteiger partial charge is 0.540 e. The Bertz CT molecular complexity index is 335. The molecular formula is C8H9KN2O4. The normalized spacial score (nSPS) is 17.1. The predicted octanol–water partition coefficient (Wildman–Crippen LogP) is -3.67. The second-order valence-corrected chi connectivity index (χ2v) is 3.12. The molecule has 1 aliphatic rings. The third kappa shape index (κ3) is 3.33. The van der Waals surface area contributed by atoms with Gasteiger partial charge in [-0.25, -0.2) is 0 Å². The summed E-state index contributed by atoms with van der Waals surface area (Å²) in [5, 5.41) is 17.4. The van der Waals surface area contributed by atoms with Crippen LogP contribution in [0.5, 0.6) is 0 Å². The Labute approximate surface area is 129 Å². The first-order valence-electron chi connectivity index (χ1n) is 4.40. The second kappa shape index (κ2) is 6.07. The number of ether oxygens (including phenoxy) is 1. The molecule has 0 aromatic carbocycles. The number of rotatable bonds is 2. The fourth-order valence-corrected chi connectivity index (χ4v) is 1.43. The summed E-state index contributed by atoms with van der Waals surface area (Å²) in [4.78, 5) is 10.4. The summed E-state index contributed by atoms with van der Waals surface area (Å²) in [5.41, 5.74) is 0. The molecule has 0 N–H and O–H groups in total. The van der Waals surface area contributed by atoms with Gasteiger partial charge in [-0.15, -0.1) is 10.2 Å². The van der Waals surface area contributed by atoms with Gasteiger partial charge in [-0.1, -0.05) is 0 Å². The average molecular weight is 236 g/mol. The van der Waals surface area contributed by atoms with Crippen molar-refractivity contribution in [3.05, 3.63) is 11.8 Å². The largest absolute Gasteiger partial charge is 1.00 e. The van der Waals surface area contributed by atoms with E-state index in [-0.39, 0.29) is 57.3 Å². The molecule has 15 heavy (non-hydrogen) atoms. The van der Waals surface area contributed by atoms with Crippen LogP contribution in [-0.4, -0.2) is 29.4 Å². The summed E-state index contributed by atoms with van der Waals surface area (Å²) in [6.45, 7) is 1.29. The molecule has 0 atom stereocenters. The van der Waals surface area contributed by atoms with Gasteiger partial charge in [-0.2, -0.15) is 0 Å². The van der Waals surface area contributed by atoms with E-state index in [1.165, 1.54) is 0 Å². The van der Waals surface area contributed by atoms with Crippen LogP contribution in [0.3, 0.4) is 0 Å². The summed E-state index contributed by atoms with van der Waals surface area (Å²) in [6, 6.07) is 0. The zero-order valence-corrected chi connectivity index (χ0v) is 11.6. The van der Waals surface area contributed by atoms with Crippen LogP contribution in [-0.2, 0) is 4.74 Å². The van der Waals surface area contributed by atoms with Crippen molar-refractivity contribution in [3.63, 3.8) is 0 Å². The van der Waals surface area contributed by atoms with Crippen LogP contribution >= 0.6 is 0 Å². The zero-order valence-electron chi connectivity index (χ0n) is 8.43. The minimum atomic E-state index is -1.43. The van der Waals surface area contributed by atoms with Crippen LogP contribution in [0.1, 0.15) is 35.3 Å². The van der Waals surface area contributed by atoms with Gasteiger partial charge in [0.1, 0.15) is 5.97 Å². The van der Waals surface area contributed by atoms with E-state index in [9.17, 15) is 9.90 Å². The number of aromatic nitrogens is 2. The van der Waals surface area contributed by atoms with E-state index >= 15 is 0 Å². The molecule has 0 unspecified atom stereocenters. The van der Waals surface area contributed by atoms with Crippen molar-refractivity contribution in [2.24, 2.45) is 0 Å². The molecular weight excluding hydrogens is 227 g/mol. The van der Waals surface area contributed by atoms with Gasteiger partial charge >= 0.3 is 51.4 Å². The monoisotopic (exact) mass is 236 g/mol. The zero-order chi connectivity index (χ0) is 9.97. The van der Waals surface area contributed by atoms with Crippen LogP contribution in [0.15, 0.2) is 4.42 Å².